The first-order chi connectivity index (χ1) is 10.6. The number of nitrogens with one attached hydrogen (secondary N) is 1. The normalized spacial score (nSPS) is 12.9. The van der Waals surface area contributed by atoms with Gasteiger partial charge in [0, 0.05) is 16.3 Å². The van der Waals surface area contributed by atoms with Crippen LogP contribution < -0.4 is 14.8 Å². The minimum absolute atomic E-state index is 0.288. The maximum atomic E-state index is 12.4. The van der Waals surface area contributed by atoms with Crippen LogP contribution in [0.1, 0.15) is 15.9 Å². The van der Waals surface area contributed by atoms with Crippen LogP contribution in [0.3, 0.4) is 0 Å². The molecule has 1 amide bonds. The molecule has 0 aromatic heterocycles. The average molecular weight is 338 g/mol. The van der Waals surface area contributed by atoms with E-state index in [0.717, 1.165) is 5.56 Å². The standard InChI is InChI=1S/C16H13Cl2NO3/c1-9-11(17)3-2-4-13(9)19-16(20)10-7-12(18)15-14(8-10)21-5-6-22-15/h2-4,7-8H,5-6H2,1H3,(H,19,20). The fourth-order valence-electron chi connectivity index (χ4n) is 2.18. The van der Waals surface area contributed by atoms with E-state index in [9.17, 15) is 4.79 Å². The molecular weight excluding hydrogens is 325 g/mol. The molecule has 0 radical (unpaired) electrons. The molecule has 6 heteroatoms. The molecule has 2 aromatic carbocycles. The Balaban J connectivity index is 1.89. The van der Waals surface area contributed by atoms with E-state index in [0.29, 0.717) is 46.0 Å². The molecule has 4 nitrogen and oxygen atoms in total. The van der Waals surface area contributed by atoms with Gasteiger partial charge in [-0.15, -0.1) is 0 Å². The number of halogens is 2. The van der Waals surface area contributed by atoms with Crippen molar-refractivity contribution in [3.05, 3.63) is 51.5 Å². The van der Waals surface area contributed by atoms with Gasteiger partial charge in [-0.25, -0.2) is 0 Å². The molecule has 1 heterocycles. The lowest BCUT2D eigenvalue weighted by Crippen LogP contribution is -2.18. The molecule has 1 N–H and O–H groups in total. The Hall–Kier alpha value is -1.91. The van der Waals surface area contributed by atoms with Gasteiger partial charge in [-0.3, -0.25) is 4.79 Å². The zero-order valence-corrected chi connectivity index (χ0v) is 13.3. The van der Waals surface area contributed by atoms with E-state index in [1.807, 2.05) is 6.92 Å². The van der Waals surface area contributed by atoms with Gasteiger partial charge in [-0.1, -0.05) is 29.3 Å². The predicted octanol–water partition coefficient (Wildman–Crippen LogP) is 4.33. The van der Waals surface area contributed by atoms with E-state index < -0.39 is 0 Å². The first-order valence-electron chi connectivity index (χ1n) is 6.72. The Kier molecular flexibility index (Phi) is 4.14. The van der Waals surface area contributed by atoms with Crippen molar-refractivity contribution in [2.75, 3.05) is 18.5 Å². The molecule has 0 atom stereocenters. The van der Waals surface area contributed by atoms with Gasteiger partial charge in [0.2, 0.25) is 0 Å². The fraction of sp³-hybridized carbons (Fsp3) is 0.188. The number of carbonyl (C=O) groups excluding carboxylic acids is 1. The van der Waals surface area contributed by atoms with Crippen molar-refractivity contribution in [1.82, 2.24) is 0 Å². The molecular formula is C16H13Cl2NO3. The summed E-state index contributed by atoms with van der Waals surface area (Å²) >= 11 is 12.2. The van der Waals surface area contributed by atoms with Crippen molar-refractivity contribution in [3.63, 3.8) is 0 Å². The summed E-state index contributed by atoms with van der Waals surface area (Å²) in [6.45, 7) is 2.72. The maximum Gasteiger partial charge on any atom is 0.255 e. The molecule has 2 aromatic rings. The maximum absolute atomic E-state index is 12.4. The summed E-state index contributed by atoms with van der Waals surface area (Å²) in [6.07, 6.45) is 0. The van der Waals surface area contributed by atoms with E-state index in [1.165, 1.54) is 0 Å². The molecule has 1 aliphatic rings. The molecule has 0 unspecified atom stereocenters. The van der Waals surface area contributed by atoms with Crippen molar-refractivity contribution < 1.29 is 14.3 Å². The van der Waals surface area contributed by atoms with Gasteiger partial charge in [0.15, 0.2) is 11.5 Å². The van der Waals surface area contributed by atoms with E-state index in [2.05, 4.69) is 5.32 Å². The minimum Gasteiger partial charge on any atom is -0.486 e. The van der Waals surface area contributed by atoms with Crippen LogP contribution >= 0.6 is 23.2 Å². The fourth-order valence-corrected chi connectivity index (χ4v) is 2.62. The summed E-state index contributed by atoms with van der Waals surface area (Å²) in [7, 11) is 0. The van der Waals surface area contributed by atoms with Crippen LogP contribution in [-0.4, -0.2) is 19.1 Å². The number of hydrogen-bond donors (Lipinski definition) is 1. The topological polar surface area (TPSA) is 47.6 Å². The Bertz CT molecular complexity index is 746. The average Bonchev–Trinajstić information content (AvgIpc) is 2.52. The van der Waals surface area contributed by atoms with E-state index >= 15 is 0 Å². The number of carbonyl (C=O) groups is 1. The first-order valence-corrected chi connectivity index (χ1v) is 7.47. The molecule has 0 spiro atoms. The van der Waals surface area contributed by atoms with Gasteiger partial charge in [-0.05, 0) is 36.8 Å². The highest BCUT2D eigenvalue weighted by Gasteiger charge is 2.19. The second-order valence-corrected chi connectivity index (χ2v) is 5.66. The molecule has 22 heavy (non-hydrogen) atoms. The van der Waals surface area contributed by atoms with Gasteiger partial charge < -0.3 is 14.8 Å². The molecule has 0 saturated heterocycles. The summed E-state index contributed by atoms with van der Waals surface area (Å²) < 4.78 is 10.9. The lowest BCUT2D eigenvalue weighted by atomic mass is 10.1. The zero-order valence-electron chi connectivity index (χ0n) is 11.8. The Morgan fingerprint density at radius 3 is 2.73 bits per heavy atom. The van der Waals surface area contributed by atoms with Gasteiger partial charge >= 0.3 is 0 Å². The SMILES string of the molecule is Cc1c(Cl)cccc1NC(=O)c1cc(Cl)c2c(c1)OCCO2. The zero-order chi connectivity index (χ0) is 15.7. The van der Waals surface area contributed by atoms with Crippen LogP contribution in [0, 0.1) is 6.92 Å². The third-order valence-electron chi connectivity index (χ3n) is 3.37. The highest BCUT2D eigenvalue weighted by molar-refractivity contribution is 6.33. The minimum atomic E-state index is -0.288. The van der Waals surface area contributed by atoms with Gasteiger partial charge in [0.25, 0.3) is 5.91 Å². The number of rotatable bonds is 2. The van der Waals surface area contributed by atoms with E-state index in [4.69, 9.17) is 32.7 Å². The monoisotopic (exact) mass is 337 g/mol. The Morgan fingerprint density at radius 1 is 1.14 bits per heavy atom. The number of anilines is 1. The van der Waals surface area contributed by atoms with Crippen LogP contribution in [0.2, 0.25) is 10.0 Å². The first kappa shape index (κ1) is 15.0. The summed E-state index contributed by atoms with van der Waals surface area (Å²) in [4.78, 5) is 12.4. The van der Waals surface area contributed by atoms with Crippen molar-refractivity contribution in [1.29, 1.82) is 0 Å². The quantitative estimate of drug-likeness (QED) is 0.887. The number of amides is 1. The van der Waals surface area contributed by atoms with Crippen molar-refractivity contribution in [2.24, 2.45) is 0 Å². The Labute approximate surface area is 137 Å². The smallest absolute Gasteiger partial charge is 0.255 e. The van der Waals surface area contributed by atoms with Crippen LogP contribution in [0.25, 0.3) is 0 Å². The molecule has 1 aliphatic heterocycles. The van der Waals surface area contributed by atoms with E-state index in [1.54, 1.807) is 30.3 Å². The molecule has 0 saturated carbocycles. The van der Waals surface area contributed by atoms with Crippen LogP contribution in [0.4, 0.5) is 5.69 Å². The molecule has 3 rings (SSSR count). The predicted molar refractivity (Wildman–Crippen MR) is 86.6 cm³/mol. The van der Waals surface area contributed by atoms with Gasteiger partial charge in [0.05, 0.1) is 5.02 Å². The van der Waals surface area contributed by atoms with Gasteiger partial charge in [-0.2, -0.15) is 0 Å². The summed E-state index contributed by atoms with van der Waals surface area (Å²) in [5.41, 5.74) is 1.86. The van der Waals surface area contributed by atoms with E-state index in [-0.39, 0.29) is 5.91 Å². The molecule has 0 fully saturated rings. The molecule has 0 aliphatic carbocycles. The third-order valence-corrected chi connectivity index (χ3v) is 4.07. The summed E-state index contributed by atoms with van der Waals surface area (Å²) in [6, 6.07) is 8.52. The van der Waals surface area contributed by atoms with Crippen LogP contribution in [0.5, 0.6) is 11.5 Å². The second kappa shape index (κ2) is 6.07. The lowest BCUT2D eigenvalue weighted by Gasteiger charge is -2.20. The summed E-state index contributed by atoms with van der Waals surface area (Å²) in [5, 5.41) is 3.77. The highest BCUT2D eigenvalue weighted by Crippen LogP contribution is 2.38. The van der Waals surface area contributed by atoms with Crippen molar-refractivity contribution in [3.8, 4) is 11.5 Å². The van der Waals surface area contributed by atoms with Crippen LogP contribution in [0.15, 0.2) is 30.3 Å². The number of fused-ring (bicyclic) bond motifs is 1. The van der Waals surface area contributed by atoms with Crippen molar-refractivity contribution in [2.45, 2.75) is 6.92 Å². The number of ether oxygens (including phenoxy) is 2. The number of benzene rings is 2. The second-order valence-electron chi connectivity index (χ2n) is 4.85. The molecule has 114 valence electrons. The third kappa shape index (κ3) is 2.85. The molecule has 0 bridgehead atoms. The number of hydrogen-bond acceptors (Lipinski definition) is 3. The largest absolute Gasteiger partial charge is 0.486 e. The van der Waals surface area contributed by atoms with Crippen molar-refractivity contribution >= 4 is 34.8 Å². The van der Waals surface area contributed by atoms with Gasteiger partial charge in [0.1, 0.15) is 13.2 Å². The lowest BCUT2D eigenvalue weighted by molar-refractivity contribution is 0.102. The van der Waals surface area contributed by atoms with Crippen LogP contribution in [-0.2, 0) is 0 Å². The Morgan fingerprint density at radius 2 is 1.91 bits per heavy atom. The summed E-state index contributed by atoms with van der Waals surface area (Å²) in [5.74, 6) is 0.666. The highest BCUT2D eigenvalue weighted by atomic mass is 35.5.